The third-order valence-corrected chi connectivity index (χ3v) is 9.20. The smallest absolute Gasteiger partial charge is 0.284 e. The molecule has 0 amide bonds. The van der Waals surface area contributed by atoms with Crippen molar-refractivity contribution in [1.29, 1.82) is 0 Å². The number of non-ortho nitro benzene ring substituents is 2. The zero-order chi connectivity index (χ0) is 29.3. The highest BCUT2D eigenvalue weighted by molar-refractivity contribution is 14.1. The van der Waals surface area contributed by atoms with Gasteiger partial charge in [0.05, 0.1) is 26.4 Å². The van der Waals surface area contributed by atoms with Crippen LogP contribution in [0.15, 0.2) is 60.7 Å². The van der Waals surface area contributed by atoms with Crippen LogP contribution in [0.5, 0.6) is 0 Å². The molecule has 2 aliphatic carbocycles. The van der Waals surface area contributed by atoms with Crippen LogP contribution < -0.4 is 0 Å². The molecule has 0 N–H and O–H groups in total. The molecule has 11 heteroatoms. The summed E-state index contributed by atoms with van der Waals surface area (Å²) < 4.78 is 0.279. The Morgan fingerprint density at radius 3 is 1.62 bits per heavy atom. The monoisotopic (exact) mass is 651 g/mol. The fraction of sp³-hybridized carbons (Fsp3) is 0.207. The molecule has 0 fully saturated rings. The molecule has 4 aromatic carbocycles. The number of nitro benzene ring substituents is 3. The van der Waals surface area contributed by atoms with Gasteiger partial charge in [0.2, 0.25) is 0 Å². The minimum absolute atomic E-state index is 0.0510. The number of ketones is 1. The molecule has 0 atom stereocenters. The van der Waals surface area contributed by atoms with E-state index in [1.807, 2.05) is 0 Å². The molecule has 0 unspecified atom stereocenters. The number of carbonyl (C=O) groups excluding carboxylic acids is 1. The largest absolute Gasteiger partial charge is 0.289 e. The number of carbonyl (C=O) groups is 1. The van der Waals surface area contributed by atoms with Gasteiger partial charge < -0.3 is 0 Å². The Kier molecular flexibility index (Phi) is 6.25. The summed E-state index contributed by atoms with van der Waals surface area (Å²) in [5.41, 5.74) is 1.79. The van der Waals surface area contributed by atoms with Crippen LogP contribution in [-0.4, -0.2) is 20.6 Å². The van der Waals surface area contributed by atoms with Crippen molar-refractivity contribution in [2.75, 3.05) is 0 Å². The maximum Gasteiger partial charge on any atom is 0.284 e. The second-order valence-electron chi connectivity index (χ2n) is 10.8. The molecule has 0 heterocycles. The fourth-order valence-electron chi connectivity index (χ4n) is 5.64. The van der Waals surface area contributed by atoms with Gasteiger partial charge in [0.15, 0.2) is 5.78 Å². The molecule has 6 rings (SSSR count). The number of benzene rings is 4. The predicted molar refractivity (Wildman–Crippen MR) is 158 cm³/mol. The molecule has 0 saturated heterocycles. The first-order valence-electron chi connectivity index (χ1n) is 12.2. The van der Waals surface area contributed by atoms with E-state index in [1.165, 1.54) is 28.0 Å². The van der Waals surface area contributed by atoms with Crippen LogP contribution in [0.4, 0.5) is 17.1 Å². The van der Waals surface area contributed by atoms with E-state index in [9.17, 15) is 35.1 Å². The molecule has 0 spiro atoms. The van der Waals surface area contributed by atoms with E-state index in [-0.39, 0.29) is 42.3 Å². The molecule has 0 aliphatic heterocycles. The van der Waals surface area contributed by atoms with E-state index in [4.69, 9.17) is 0 Å². The highest BCUT2D eigenvalue weighted by Gasteiger charge is 2.46. The van der Waals surface area contributed by atoms with Crippen molar-refractivity contribution >= 4 is 56.2 Å². The van der Waals surface area contributed by atoms with Crippen LogP contribution in [0.1, 0.15) is 54.7 Å². The molecule has 0 bridgehead atoms. The van der Waals surface area contributed by atoms with Crippen LogP contribution in [0.2, 0.25) is 0 Å². The molecule has 4 aromatic rings. The van der Waals surface area contributed by atoms with Gasteiger partial charge in [-0.15, -0.1) is 0 Å². The van der Waals surface area contributed by atoms with Gasteiger partial charge in [0.25, 0.3) is 17.1 Å². The summed E-state index contributed by atoms with van der Waals surface area (Å²) in [7, 11) is 0. The van der Waals surface area contributed by atoms with Crippen molar-refractivity contribution in [1.82, 2.24) is 0 Å². The van der Waals surface area contributed by atoms with Crippen molar-refractivity contribution in [2.24, 2.45) is 0 Å². The lowest BCUT2D eigenvalue weighted by Gasteiger charge is -2.37. The first-order chi connectivity index (χ1) is 18.7. The number of rotatable bonds is 3. The van der Waals surface area contributed by atoms with Crippen LogP contribution >= 0.6 is 22.6 Å². The average Bonchev–Trinajstić information content (AvgIpc) is 3.27. The van der Waals surface area contributed by atoms with Gasteiger partial charge in [0, 0.05) is 38.5 Å². The first kappa shape index (κ1) is 27.3. The van der Waals surface area contributed by atoms with Crippen LogP contribution in [0, 0.1) is 33.9 Å². The lowest BCUT2D eigenvalue weighted by molar-refractivity contribution is -0.393. The third-order valence-electron chi connectivity index (χ3n) is 8.35. The van der Waals surface area contributed by atoms with Crippen LogP contribution in [0.3, 0.4) is 0 Å². The second-order valence-corrected chi connectivity index (χ2v) is 12.0. The Morgan fingerprint density at radius 2 is 1.15 bits per heavy atom. The summed E-state index contributed by atoms with van der Waals surface area (Å²) in [5, 5.41) is 36.1. The number of halogens is 1. The molecular formula is C29H22IN3O7. The number of hydrogen-bond donors (Lipinski definition) is 0. The van der Waals surface area contributed by atoms with Crippen molar-refractivity contribution in [3.63, 3.8) is 0 Å². The van der Waals surface area contributed by atoms with E-state index in [2.05, 4.69) is 64.1 Å². The summed E-state index contributed by atoms with van der Waals surface area (Å²) in [6.45, 7) is 9.45. The molecule has 10 nitrogen and oxygen atoms in total. The molecule has 2 aliphatic rings. The van der Waals surface area contributed by atoms with Gasteiger partial charge in [-0.25, -0.2) is 0 Å². The van der Waals surface area contributed by atoms with E-state index in [1.54, 1.807) is 22.6 Å². The Morgan fingerprint density at radius 1 is 0.675 bits per heavy atom. The Hall–Kier alpha value is -4.26. The Labute approximate surface area is 241 Å². The van der Waals surface area contributed by atoms with Crippen molar-refractivity contribution in [3.8, 4) is 11.1 Å². The third kappa shape index (κ3) is 3.86. The summed E-state index contributed by atoms with van der Waals surface area (Å²) in [4.78, 5) is 43.3. The van der Waals surface area contributed by atoms with E-state index < -0.39 is 31.9 Å². The lowest BCUT2D eigenvalue weighted by atomic mass is 9.66. The molecule has 0 radical (unpaired) electrons. The number of fused-ring (bicyclic) bond motifs is 3. The SMILES string of the molecule is CC1(C)c2cccc3cccc(c23)C1(C)C.O=C1c2cc([N+](=O)[O-])cc(I)c2-c2c1cc([N+](=O)[O-])cc2[N+](=O)[O-]. The number of nitro groups is 3. The number of hydrogen-bond acceptors (Lipinski definition) is 7. The molecule has 0 aromatic heterocycles. The van der Waals surface area contributed by atoms with Crippen molar-refractivity contribution in [2.45, 2.75) is 38.5 Å². The summed E-state index contributed by atoms with van der Waals surface area (Å²) in [6, 6.07) is 17.3. The highest BCUT2D eigenvalue weighted by Crippen LogP contribution is 2.54. The quantitative estimate of drug-likeness (QED) is 0.111. The van der Waals surface area contributed by atoms with Gasteiger partial charge in [-0.05, 0) is 55.3 Å². The predicted octanol–water partition coefficient (Wildman–Crippen LogP) is 7.64. The van der Waals surface area contributed by atoms with Gasteiger partial charge in [0.1, 0.15) is 0 Å². The average molecular weight is 651 g/mol. The zero-order valence-electron chi connectivity index (χ0n) is 21.9. The molecule has 40 heavy (non-hydrogen) atoms. The first-order valence-corrected chi connectivity index (χ1v) is 13.3. The Balaban J connectivity index is 0.000000174. The van der Waals surface area contributed by atoms with Gasteiger partial charge in [-0.1, -0.05) is 64.1 Å². The fourth-order valence-corrected chi connectivity index (χ4v) is 6.51. The normalized spacial score (nSPS) is 15.2. The number of nitrogens with zero attached hydrogens (tertiary/aromatic N) is 3. The van der Waals surface area contributed by atoms with Crippen molar-refractivity contribution < 1.29 is 19.6 Å². The minimum atomic E-state index is -0.836. The molecule has 202 valence electrons. The summed E-state index contributed by atoms with van der Waals surface area (Å²) in [6.07, 6.45) is 0. The zero-order valence-corrected chi connectivity index (χ0v) is 24.0. The summed E-state index contributed by atoms with van der Waals surface area (Å²) in [5.74, 6) is -0.714. The van der Waals surface area contributed by atoms with E-state index in [0.29, 0.717) is 0 Å². The maximum atomic E-state index is 12.5. The van der Waals surface area contributed by atoms with Gasteiger partial charge in [-0.2, -0.15) is 0 Å². The summed E-state index contributed by atoms with van der Waals surface area (Å²) >= 11 is 1.74. The van der Waals surface area contributed by atoms with Gasteiger partial charge >= 0.3 is 0 Å². The van der Waals surface area contributed by atoms with Crippen LogP contribution in [0.25, 0.3) is 21.9 Å². The molecule has 0 saturated carbocycles. The highest BCUT2D eigenvalue weighted by atomic mass is 127. The second kappa shape index (κ2) is 9.15. The van der Waals surface area contributed by atoms with Crippen LogP contribution in [-0.2, 0) is 10.8 Å². The van der Waals surface area contributed by atoms with E-state index >= 15 is 0 Å². The maximum absolute atomic E-state index is 12.5. The standard InChI is InChI=1S/C16H18.C13H4IN3O7/c1-15(2)12-9-5-7-11-8-6-10-13(14(11)12)16(15,3)4;14-9-3-5(15(19)20)1-7-11(9)12-8(13(7)18)2-6(16(21)22)4-10(12)17(23)24/h5-10H,1-4H3;1-4H. The lowest BCUT2D eigenvalue weighted by Crippen LogP contribution is -2.35. The topological polar surface area (TPSA) is 146 Å². The Bertz CT molecular complexity index is 1780. The minimum Gasteiger partial charge on any atom is -0.289 e. The van der Waals surface area contributed by atoms with E-state index in [0.717, 1.165) is 18.2 Å². The van der Waals surface area contributed by atoms with Crippen molar-refractivity contribution in [3.05, 3.63) is 117 Å². The molecular weight excluding hydrogens is 629 g/mol. The van der Waals surface area contributed by atoms with Gasteiger partial charge in [-0.3, -0.25) is 35.1 Å².